The summed E-state index contributed by atoms with van der Waals surface area (Å²) in [6.45, 7) is 5.39. The Kier molecular flexibility index (Phi) is 6.31. The van der Waals surface area contributed by atoms with Gasteiger partial charge in [-0.25, -0.2) is 13.4 Å². The number of aromatic nitrogens is 1. The predicted molar refractivity (Wildman–Crippen MR) is 127 cm³/mol. The van der Waals surface area contributed by atoms with Gasteiger partial charge in [0.05, 0.1) is 14.5 Å². The van der Waals surface area contributed by atoms with Crippen molar-refractivity contribution in [3.05, 3.63) is 35.2 Å². The summed E-state index contributed by atoms with van der Waals surface area (Å²) >= 11 is 2.86. The second-order valence-corrected chi connectivity index (χ2v) is 11.5. The van der Waals surface area contributed by atoms with Crippen LogP contribution in [-0.4, -0.2) is 75.3 Å². The van der Waals surface area contributed by atoms with Crippen molar-refractivity contribution >= 4 is 59.0 Å². The highest BCUT2D eigenvalue weighted by molar-refractivity contribution is 7.89. The molecule has 3 aromatic rings. The molecular formula is C20H25N5O3S3. The van der Waals surface area contributed by atoms with Crippen LogP contribution in [0.2, 0.25) is 0 Å². The fraction of sp³-hybridized carbons (Fsp3) is 0.400. The van der Waals surface area contributed by atoms with Crippen LogP contribution in [0.15, 0.2) is 35.2 Å². The van der Waals surface area contributed by atoms with E-state index in [2.05, 4.69) is 22.1 Å². The molecule has 3 heterocycles. The number of anilines is 2. The lowest BCUT2D eigenvalue weighted by atomic mass is 10.3. The van der Waals surface area contributed by atoms with Crippen LogP contribution in [0.1, 0.15) is 16.6 Å². The molecule has 0 aliphatic carbocycles. The summed E-state index contributed by atoms with van der Waals surface area (Å²) < 4.78 is 28.6. The molecule has 0 radical (unpaired) electrons. The molecule has 2 aromatic heterocycles. The second-order valence-electron chi connectivity index (χ2n) is 7.49. The molecule has 1 aliphatic heterocycles. The van der Waals surface area contributed by atoms with Gasteiger partial charge in [-0.2, -0.15) is 4.31 Å². The van der Waals surface area contributed by atoms with E-state index in [-0.39, 0.29) is 10.8 Å². The molecule has 1 aliphatic rings. The van der Waals surface area contributed by atoms with Crippen molar-refractivity contribution in [3.8, 4) is 0 Å². The largest absolute Gasteiger partial charge is 0.354 e. The second kappa shape index (κ2) is 8.83. The molecule has 166 valence electrons. The number of nitrogens with one attached hydrogen (secondary N) is 1. The van der Waals surface area contributed by atoms with Gasteiger partial charge in [-0.3, -0.25) is 4.79 Å². The first-order valence-electron chi connectivity index (χ1n) is 9.99. The molecule has 4 rings (SSSR count). The molecule has 0 bridgehead atoms. The third-order valence-corrected chi connectivity index (χ3v) is 9.41. The topological polar surface area (TPSA) is 85.8 Å². The number of nitrogens with zero attached hydrogens (tertiary/aromatic N) is 4. The van der Waals surface area contributed by atoms with Gasteiger partial charge in [0.1, 0.15) is 4.83 Å². The zero-order valence-corrected chi connectivity index (χ0v) is 20.1. The quantitative estimate of drug-likeness (QED) is 0.585. The van der Waals surface area contributed by atoms with Crippen molar-refractivity contribution in [2.45, 2.75) is 11.8 Å². The lowest BCUT2D eigenvalue weighted by Crippen LogP contribution is -2.48. The molecule has 11 heteroatoms. The van der Waals surface area contributed by atoms with Crippen LogP contribution < -0.4 is 10.2 Å². The highest BCUT2D eigenvalue weighted by atomic mass is 32.2. The normalized spacial score (nSPS) is 16.0. The number of sulfonamides is 1. The number of likely N-dealkylation sites (N-methyl/N-ethyl adjacent to an activating group) is 1. The minimum Gasteiger partial charge on any atom is -0.354 e. The van der Waals surface area contributed by atoms with Gasteiger partial charge in [0.2, 0.25) is 10.0 Å². The van der Waals surface area contributed by atoms with Gasteiger partial charge >= 0.3 is 0 Å². The summed E-state index contributed by atoms with van der Waals surface area (Å²) in [5.74, 6) is -0.271. The molecule has 0 atom stereocenters. The number of hydrogen-bond donors (Lipinski definition) is 1. The van der Waals surface area contributed by atoms with E-state index in [0.717, 1.165) is 34.3 Å². The van der Waals surface area contributed by atoms with Gasteiger partial charge in [0, 0.05) is 46.0 Å². The smallest absolute Gasteiger partial charge is 0.265 e. The maximum absolute atomic E-state index is 13.0. The number of carbonyl (C=O) groups is 1. The average molecular weight is 480 g/mol. The molecular weight excluding hydrogens is 454 g/mol. The van der Waals surface area contributed by atoms with Gasteiger partial charge in [0.15, 0.2) is 5.13 Å². The summed E-state index contributed by atoms with van der Waals surface area (Å²) in [4.78, 5) is 23.0. The molecule has 1 amide bonds. The molecule has 1 fully saturated rings. The Bertz CT molecular complexity index is 1160. The third-order valence-electron chi connectivity index (χ3n) is 5.19. The first-order valence-corrected chi connectivity index (χ1v) is 13.1. The SMILES string of the molecule is CCN1CCN(S(=O)(=O)c2cccc(NC(=O)c3cc4sc(N(C)C)nc4s3)c2)CC1. The number of fused-ring (bicyclic) bond motifs is 1. The zero-order valence-electron chi connectivity index (χ0n) is 17.7. The van der Waals surface area contributed by atoms with Crippen LogP contribution in [-0.2, 0) is 10.0 Å². The van der Waals surface area contributed by atoms with E-state index in [4.69, 9.17) is 0 Å². The molecule has 31 heavy (non-hydrogen) atoms. The first-order chi connectivity index (χ1) is 14.8. The number of hydrogen-bond acceptors (Lipinski definition) is 8. The molecule has 1 N–H and O–H groups in total. The Morgan fingerprint density at radius 1 is 1.16 bits per heavy atom. The summed E-state index contributed by atoms with van der Waals surface area (Å²) in [5, 5.41) is 3.72. The van der Waals surface area contributed by atoms with Crippen LogP contribution in [0.5, 0.6) is 0 Å². The highest BCUT2D eigenvalue weighted by Gasteiger charge is 2.28. The van der Waals surface area contributed by atoms with Crippen molar-refractivity contribution in [2.75, 3.05) is 57.0 Å². The lowest BCUT2D eigenvalue weighted by Gasteiger charge is -2.33. The fourth-order valence-electron chi connectivity index (χ4n) is 3.39. The number of carbonyl (C=O) groups excluding carboxylic acids is 1. The van der Waals surface area contributed by atoms with Crippen molar-refractivity contribution < 1.29 is 13.2 Å². The van der Waals surface area contributed by atoms with Crippen LogP contribution in [0.25, 0.3) is 9.53 Å². The number of piperazine rings is 1. The Morgan fingerprint density at radius 2 is 1.90 bits per heavy atom. The zero-order chi connectivity index (χ0) is 22.2. The molecule has 8 nitrogen and oxygen atoms in total. The van der Waals surface area contributed by atoms with Gasteiger partial charge in [-0.1, -0.05) is 24.3 Å². The van der Waals surface area contributed by atoms with Crippen molar-refractivity contribution in [1.29, 1.82) is 0 Å². The molecule has 0 unspecified atom stereocenters. The van der Waals surface area contributed by atoms with Crippen LogP contribution >= 0.6 is 22.7 Å². The highest BCUT2D eigenvalue weighted by Crippen LogP contribution is 2.34. The van der Waals surface area contributed by atoms with Crippen molar-refractivity contribution in [3.63, 3.8) is 0 Å². The minimum atomic E-state index is -3.60. The number of benzene rings is 1. The molecule has 0 spiro atoms. The number of amides is 1. The number of thiazole rings is 1. The van der Waals surface area contributed by atoms with Crippen molar-refractivity contribution in [2.24, 2.45) is 0 Å². The van der Waals surface area contributed by atoms with E-state index in [1.807, 2.05) is 25.1 Å². The first kappa shape index (κ1) is 22.2. The van der Waals surface area contributed by atoms with Crippen LogP contribution in [0.3, 0.4) is 0 Å². The van der Waals surface area contributed by atoms with E-state index in [0.29, 0.717) is 23.7 Å². The summed E-state index contributed by atoms with van der Waals surface area (Å²) in [6, 6.07) is 8.28. The van der Waals surface area contributed by atoms with Gasteiger partial charge in [0.25, 0.3) is 5.91 Å². The van der Waals surface area contributed by atoms with E-state index >= 15 is 0 Å². The van der Waals surface area contributed by atoms with Gasteiger partial charge < -0.3 is 15.1 Å². The standard InChI is InChI=1S/C20H25N5O3S3/c1-4-24-8-10-25(11-9-24)31(27,28)15-7-5-6-14(12-15)21-18(26)16-13-17-19(29-16)22-20(30-17)23(2)3/h5-7,12-13H,4,8-11H2,1-3H3,(H,21,26). The van der Waals surface area contributed by atoms with Crippen LogP contribution in [0.4, 0.5) is 10.8 Å². The maximum atomic E-state index is 13.0. The summed E-state index contributed by atoms with van der Waals surface area (Å²) in [6.07, 6.45) is 0. The van der Waals surface area contributed by atoms with Crippen LogP contribution in [0, 0.1) is 0 Å². The molecule has 0 saturated carbocycles. The molecule has 1 aromatic carbocycles. The Morgan fingerprint density at radius 3 is 2.55 bits per heavy atom. The van der Waals surface area contributed by atoms with E-state index < -0.39 is 10.0 Å². The Labute approximate surface area is 190 Å². The van der Waals surface area contributed by atoms with Gasteiger partial charge in [-0.05, 0) is 30.8 Å². The van der Waals surface area contributed by atoms with Gasteiger partial charge in [-0.15, -0.1) is 11.3 Å². The molecule has 1 saturated heterocycles. The van der Waals surface area contributed by atoms with Crippen molar-refractivity contribution in [1.82, 2.24) is 14.2 Å². The van der Waals surface area contributed by atoms with E-state index in [9.17, 15) is 13.2 Å². The summed E-state index contributed by atoms with van der Waals surface area (Å²) in [7, 11) is 0.266. The summed E-state index contributed by atoms with van der Waals surface area (Å²) in [5.41, 5.74) is 0.456. The van der Waals surface area contributed by atoms with E-state index in [1.54, 1.807) is 18.2 Å². The third kappa shape index (κ3) is 4.60. The lowest BCUT2D eigenvalue weighted by molar-refractivity contribution is 0.103. The average Bonchev–Trinajstić information content (AvgIpc) is 3.34. The number of thiophene rings is 1. The number of rotatable bonds is 6. The maximum Gasteiger partial charge on any atom is 0.265 e. The predicted octanol–water partition coefficient (Wildman–Crippen LogP) is 3.00. The monoisotopic (exact) mass is 479 g/mol. The Hall–Kier alpha value is -2.05. The van der Waals surface area contributed by atoms with E-state index in [1.165, 1.54) is 33.0 Å². The minimum absolute atomic E-state index is 0.194. The Balaban J connectivity index is 1.49. The fourth-order valence-corrected chi connectivity index (χ4v) is 6.89.